The van der Waals surface area contributed by atoms with Crippen LogP contribution in [0.5, 0.6) is 0 Å². The Morgan fingerprint density at radius 1 is 1.26 bits per heavy atom. The molecule has 2 aromatic rings. The van der Waals surface area contributed by atoms with Gasteiger partial charge in [-0.05, 0) is 31.4 Å². The number of hydrogen-bond donors (Lipinski definition) is 1. The molecule has 1 amide bonds. The van der Waals surface area contributed by atoms with Gasteiger partial charge in [0.05, 0.1) is 16.7 Å². The molecule has 0 bridgehead atoms. The van der Waals surface area contributed by atoms with E-state index >= 15 is 0 Å². The number of carbonyl (C=O) groups excluding carboxylic acids is 1. The molecule has 2 N–H and O–H groups in total. The summed E-state index contributed by atoms with van der Waals surface area (Å²) in [6, 6.07) is 10.4. The lowest BCUT2D eigenvalue weighted by Crippen LogP contribution is -2.47. The fourth-order valence-electron chi connectivity index (χ4n) is 3.14. The summed E-state index contributed by atoms with van der Waals surface area (Å²) in [5.41, 5.74) is 7.93. The molecule has 1 aromatic carbocycles. The Labute approximate surface area is 141 Å². The van der Waals surface area contributed by atoms with Crippen LogP contribution in [-0.4, -0.2) is 28.4 Å². The molecule has 23 heavy (non-hydrogen) atoms. The number of likely N-dealkylation sites (tertiary alicyclic amines) is 1. The average Bonchev–Trinajstić information content (AvgIpc) is 3.02. The van der Waals surface area contributed by atoms with E-state index in [4.69, 9.17) is 10.7 Å². The molecule has 1 aliphatic rings. The van der Waals surface area contributed by atoms with Crippen LogP contribution < -0.4 is 5.73 Å². The Morgan fingerprint density at radius 2 is 2.09 bits per heavy atom. The number of carbonyl (C=O) groups is 1. The van der Waals surface area contributed by atoms with Crippen molar-refractivity contribution in [3.63, 3.8) is 0 Å². The van der Waals surface area contributed by atoms with Crippen LogP contribution >= 0.6 is 11.3 Å². The molecule has 122 valence electrons. The van der Waals surface area contributed by atoms with Crippen molar-refractivity contribution in [1.29, 1.82) is 0 Å². The molecular weight excluding hydrogens is 306 g/mol. The molecular formula is C18H23N3OS. The Hall–Kier alpha value is -1.72. The maximum absolute atomic E-state index is 11.6. The summed E-state index contributed by atoms with van der Waals surface area (Å²) >= 11 is 1.71. The summed E-state index contributed by atoms with van der Waals surface area (Å²) in [5.74, 6) is -0.204. The molecule has 0 spiro atoms. The maximum atomic E-state index is 11.6. The number of aromatic nitrogens is 1. The van der Waals surface area contributed by atoms with E-state index in [1.165, 1.54) is 5.56 Å². The largest absolute Gasteiger partial charge is 0.368 e. The van der Waals surface area contributed by atoms with Crippen LogP contribution in [0, 0.1) is 0 Å². The highest BCUT2D eigenvalue weighted by atomic mass is 32.1. The van der Waals surface area contributed by atoms with Gasteiger partial charge in [0.1, 0.15) is 0 Å². The highest BCUT2D eigenvalue weighted by molar-refractivity contribution is 7.09. The van der Waals surface area contributed by atoms with Crippen molar-refractivity contribution >= 4 is 17.2 Å². The van der Waals surface area contributed by atoms with Gasteiger partial charge in [-0.2, -0.15) is 0 Å². The summed E-state index contributed by atoms with van der Waals surface area (Å²) in [4.78, 5) is 18.5. The van der Waals surface area contributed by atoms with Gasteiger partial charge in [-0.15, -0.1) is 11.3 Å². The number of benzene rings is 1. The van der Waals surface area contributed by atoms with Crippen LogP contribution in [0.15, 0.2) is 35.7 Å². The van der Waals surface area contributed by atoms with E-state index in [0.29, 0.717) is 0 Å². The zero-order chi connectivity index (χ0) is 16.1. The molecule has 0 unspecified atom stereocenters. The van der Waals surface area contributed by atoms with Gasteiger partial charge in [0.25, 0.3) is 0 Å². The molecule has 1 saturated heterocycles. The molecule has 0 radical (unpaired) electrons. The van der Waals surface area contributed by atoms with Crippen molar-refractivity contribution < 1.29 is 4.79 Å². The Morgan fingerprint density at radius 3 is 2.87 bits per heavy atom. The first kappa shape index (κ1) is 16.1. The van der Waals surface area contributed by atoms with Crippen molar-refractivity contribution in [3.05, 3.63) is 52.0 Å². The number of nitrogens with two attached hydrogens (primary N) is 1. The molecule has 0 saturated carbocycles. The fourth-order valence-corrected chi connectivity index (χ4v) is 3.93. The first-order valence-electron chi connectivity index (χ1n) is 8.23. The molecule has 1 aromatic heterocycles. The third-order valence-electron chi connectivity index (χ3n) is 4.38. The zero-order valence-electron chi connectivity index (χ0n) is 13.3. The smallest absolute Gasteiger partial charge is 0.234 e. The molecule has 1 atom stereocenters. The second-order valence-corrected chi connectivity index (χ2v) is 7.05. The van der Waals surface area contributed by atoms with Gasteiger partial charge in [0, 0.05) is 18.3 Å². The van der Waals surface area contributed by atoms with Gasteiger partial charge in [0.15, 0.2) is 0 Å². The number of aryl methyl sites for hydroxylation is 2. The number of piperidine rings is 1. The lowest BCUT2D eigenvalue weighted by Gasteiger charge is -2.32. The van der Waals surface area contributed by atoms with Crippen molar-refractivity contribution in [2.45, 2.75) is 44.7 Å². The Balaban J connectivity index is 1.57. The van der Waals surface area contributed by atoms with Gasteiger partial charge < -0.3 is 5.73 Å². The minimum atomic E-state index is -0.204. The Bertz CT molecular complexity index is 641. The summed E-state index contributed by atoms with van der Waals surface area (Å²) in [6.07, 6.45) is 5.08. The molecule has 1 aliphatic heterocycles. The van der Waals surface area contributed by atoms with Gasteiger partial charge >= 0.3 is 0 Å². The summed E-state index contributed by atoms with van der Waals surface area (Å²) in [5, 5.41) is 3.28. The van der Waals surface area contributed by atoms with E-state index in [2.05, 4.69) is 34.5 Å². The SMILES string of the molecule is NC(=O)[C@H]1CCCCN1Cc1csc(CCc2ccccc2)n1. The average molecular weight is 329 g/mol. The van der Waals surface area contributed by atoms with Gasteiger partial charge in [-0.1, -0.05) is 36.8 Å². The van der Waals surface area contributed by atoms with Crippen molar-refractivity contribution in [3.8, 4) is 0 Å². The van der Waals surface area contributed by atoms with Crippen molar-refractivity contribution in [1.82, 2.24) is 9.88 Å². The lowest BCUT2D eigenvalue weighted by molar-refractivity contribution is -0.124. The van der Waals surface area contributed by atoms with E-state index in [0.717, 1.165) is 55.9 Å². The summed E-state index contributed by atoms with van der Waals surface area (Å²) in [6.45, 7) is 1.67. The van der Waals surface area contributed by atoms with Crippen LogP contribution in [-0.2, 0) is 24.2 Å². The predicted octanol–water partition coefficient (Wildman–Crippen LogP) is 2.77. The van der Waals surface area contributed by atoms with E-state index in [1.807, 2.05) is 6.07 Å². The first-order chi connectivity index (χ1) is 11.2. The van der Waals surface area contributed by atoms with Crippen LogP contribution in [0.25, 0.3) is 0 Å². The van der Waals surface area contributed by atoms with Crippen molar-refractivity contribution in [2.24, 2.45) is 5.73 Å². The lowest BCUT2D eigenvalue weighted by atomic mass is 10.0. The van der Waals surface area contributed by atoms with Crippen LogP contribution in [0.3, 0.4) is 0 Å². The number of thiazole rings is 1. The highest BCUT2D eigenvalue weighted by Crippen LogP contribution is 2.21. The summed E-state index contributed by atoms with van der Waals surface area (Å²) in [7, 11) is 0. The monoisotopic (exact) mass is 329 g/mol. The number of primary amides is 1. The zero-order valence-corrected chi connectivity index (χ0v) is 14.1. The van der Waals surface area contributed by atoms with Crippen LogP contribution in [0.1, 0.15) is 35.5 Å². The van der Waals surface area contributed by atoms with Crippen molar-refractivity contribution in [2.75, 3.05) is 6.54 Å². The molecule has 1 fully saturated rings. The standard InChI is InChI=1S/C18H23N3OS/c19-18(22)16-8-4-5-11-21(16)12-15-13-23-17(20-15)10-9-14-6-2-1-3-7-14/h1-3,6-7,13,16H,4-5,8-12H2,(H2,19,22)/t16-/m1/s1. The second kappa shape index (κ2) is 7.70. The second-order valence-electron chi connectivity index (χ2n) is 6.10. The normalized spacial score (nSPS) is 18.9. The number of rotatable bonds is 6. The highest BCUT2D eigenvalue weighted by Gasteiger charge is 2.27. The molecule has 0 aliphatic carbocycles. The van der Waals surface area contributed by atoms with E-state index in [-0.39, 0.29) is 11.9 Å². The fraction of sp³-hybridized carbons (Fsp3) is 0.444. The molecule has 5 heteroatoms. The number of nitrogens with zero attached hydrogens (tertiary/aromatic N) is 2. The molecule has 2 heterocycles. The minimum Gasteiger partial charge on any atom is -0.368 e. The third kappa shape index (κ3) is 4.39. The molecule has 3 rings (SSSR count). The quantitative estimate of drug-likeness (QED) is 0.886. The van der Waals surface area contributed by atoms with Crippen LogP contribution in [0.2, 0.25) is 0 Å². The van der Waals surface area contributed by atoms with Crippen LogP contribution in [0.4, 0.5) is 0 Å². The topological polar surface area (TPSA) is 59.2 Å². The van der Waals surface area contributed by atoms with E-state index < -0.39 is 0 Å². The third-order valence-corrected chi connectivity index (χ3v) is 5.33. The maximum Gasteiger partial charge on any atom is 0.234 e. The molecule has 4 nitrogen and oxygen atoms in total. The first-order valence-corrected chi connectivity index (χ1v) is 9.11. The van der Waals surface area contributed by atoms with E-state index in [9.17, 15) is 4.79 Å². The van der Waals surface area contributed by atoms with Gasteiger partial charge in [-0.25, -0.2) is 4.98 Å². The number of amides is 1. The van der Waals surface area contributed by atoms with E-state index in [1.54, 1.807) is 11.3 Å². The predicted molar refractivity (Wildman–Crippen MR) is 93.2 cm³/mol. The minimum absolute atomic E-state index is 0.127. The number of hydrogen-bond acceptors (Lipinski definition) is 4. The van der Waals surface area contributed by atoms with Gasteiger partial charge in [0.2, 0.25) is 5.91 Å². The Kier molecular flexibility index (Phi) is 5.41. The van der Waals surface area contributed by atoms with Gasteiger partial charge in [-0.3, -0.25) is 9.69 Å². The summed E-state index contributed by atoms with van der Waals surface area (Å²) < 4.78 is 0.